The van der Waals surface area contributed by atoms with Crippen LogP contribution in [-0.2, 0) is 13.1 Å². The molecular weight excluding hydrogens is 366 g/mol. The standard InChI is InChI=1S/C22H31N5O2/c1-5-23-21(25-15-18-8-6-7-9-20(18)29-4)24-14-17-10-12-19(13-11-17)27-22(28)26-16(2)3/h6-13,16H,5,14-15H2,1-4H3,(H2,23,24,25)(H2,26,27,28). The van der Waals surface area contributed by atoms with Crippen LogP contribution >= 0.6 is 0 Å². The Hall–Kier alpha value is -3.22. The van der Waals surface area contributed by atoms with Crippen molar-refractivity contribution >= 4 is 17.7 Å². The van der Waals surface area contributed by atoms with Crippen molar-refractivity contribution in [1.29, 1.82) is 0 Å². The number of nitrogens with zero attached hydrogens (tertiary/aromatic N) is 1. The Morgan fingerprint density at radius 2 is 1.79 bits per heavy atom. The number of guanidine groups is 1. The van der Waals surface area contributed by atoms with Gasteiger partial charge in [0.2, 0.25) is 0 Å². The Morgan fingerprint density at radius 1 is 1.07 bits per heavy atom. The third kappa shape index (κ3) is 7.73. The van der Waals surface area contributed by atoms with E-state index in [1.807, 2.05) is 69.3 Å². The van der Waals surface area contributed by atoms with Crippen molar-refractivity contribution in [3.05, 3.63) is 59.7 Å². The van der Waals surface area contributed by atoms with Crippen LogP contribution in [0.25, 0.3) is 0 Å². The zero-order valence-corrected chi connectivity index (χ0v) is 17.6. The van der Waals surface area contributed by atoms with E-state index in [-0.39, 0.29) is 12.1 Å². The summed E-state index contributed by atoms with van der Waals surface area (Å²) >= 11 is 0. The lowest BCUT2D eigenvalue weighted by molar-refractivity contribution is 0.250. The fourth-order valence-corrected chi connectivity index (χ4v) is 2.66. The monoisotopic (exact) mass is 397 g/mol. The van der Waals surface area contributed by atoms with Gasteiger partial charge >= 0.3 is 6.03 Å². The minimum Gasteiger partial charge on any atom is -0.496 e. The van der Waals surface area contributed by atoms with Gasteiger partial charge in [0.05, 0.1) is 13.7 Å². The predicted molar refractivity (Wildman–Crippen MR) is 118 cm³/mol. The highest BCUT2D eigenvalue weighted by molar-refractivity contribution is 5.89. The third-order valence-corrected chi connectivity index (χ3v) is 4.03. The average molecular weight is 398 g/mol. The van der Waals surface area contributed by atoms with E-state index in [0.29, 0.717) is 13.1 Å². The zero-order valence-electron chi connectivity index (χ0n) is 17.6. The molecule has 2 amide bonds. The molecule has 0 atom stereocenters. The average Bonchev–Trinajstić information content (AvgIpc) is 2.70. The number of methoxy groups -OCH3 is 1. The molecular formula is C22H31N5O2. The minimum absolute atomic E-state index is 0.0939. The maximum Gasteiger partial charge on any atom is 0.319 e. The van der Waals surface area contributed by atoms with Crippen molar-refractivity contribution in [3.63, 3.8) is 0 Å². The molecule has 0 bridgehead atoms. The van der Waals surface area contributed by atoms with Gasteiger partial charge < -0.3 is 26.0 Å². The van der Waals surface area contributed by atoms with Crippen molar-refractivity contribution in [3.8, 4) is 5.75 Å². The molecule has 2 aromatic carbocycles. The molecule has 0 spiro atoms. The van der Waals surface area contributed by atoms with Crippen LogP contribution in [0.3, 0.4) is 0 Å². The maximum absolute atomic E-state index is 11.8. The molecule has 7 nitrogen and oxygen atoms in total. The Morgan fingerprint density at radius 3 is 2.45 bits per heavy atom. The molecule has 0 aliphatic rings. The lowest BCUT2D eigenvalue weighted by Crippen LogP contribution is -2.36. The highest BCUT2D eigenvalue weighted by Gasteiger charge is 2.05. The summed E-state index contributed by atoms with van der Waals surface area (Å²) in [4.78, 5) is 16.4. The summed E-state index contributed by atoms with van der Waals surface area (Å²) in [7, 11) is 1.67. The van der Waals surface area contributed by atoms with Crippen LogP contribution in [0.4, 0.5) is 10.5 Å². The van der Waals surface area contributed by atoms with Gasteiger partial charge in [0.1, 0.15) is 5.75 Å². The molecule has 0 unspecified atom stereocenters. The van der Waals surface area contributed by atoms with E-state index in [2.05, 4.69) is 26.3 Å². The Balaban J connectivity index is 1.94. The summed E-state index contributed by atoms with van der Waals surface area (Å²) in [5.41, 5.74) is 2.86. The van der Waals surface area contributed by atoms with Gasteiger partial charge in [0.15, 0.2) is 5.96 Å². The van der Waals surface area contributed by atoms with Crippen LogP contribution in [0.2, 0.25) is 0 Å². The van der Waals surface area contributed by atoms with Gasteiger partial charge in [0.25, 0.3) is 0 Å². The summed E-state index contributed by atoms with van der Waals surface area (Å²) in [5, 5.41) is 12.2. The topological polar surface area (TPSA) is 86.8 Å². The lowest BCUT2D eigenvalue weighted by Gasteiger charge is -2.13. The fourth-order valence-electron chi connectivity index (χ4n) is 2.66. The van der Waals surface area contributed by atoms with Gasteiger partial charge in [-0.25, -0.2) is 9.79 Å². The molecule has 0 aliphatic heterocycles. The molecule has 0 saturated heterocycles. The lowest BCUT2D eigenvalue weighted by atomic mass is 10.2. The predicted octanol–water partition coefficient (Wildman–Crippen LogP) is 3.48. The van der Waals surface area contributed by atoms with Crippen LogP contribution in [0.15, 0.2) is 53.5 Å². The van der Waals surface area contributed by atoms with Gasteiger partial charge in [0, 0.05) is 30.4 Å². The van der Waals surface area contributed by atoms with E-state index in [1.54, 1.807) is 7.11 Å². The molecule has 2 rings (SSSR count). The van der Waals surface area contributed by atoms with E-state index >= 15 is 0 Å². The molecule has 0 aromatic heterocycles. The molecule has 2 aromatic rings. The molecule has 0 aliphatic carbocycles. The van der Waals surface area contributed by atoms with Crippen molar-refractivity contribution < 1.29 is 9.53 Å². The number of anilines is 1. The van der Waals surface area contributed by atoms with Crippen molar-refractivity contribution in [2.24, 2.45) is 4.99 Å². The molecule has 4 N–H and O–H groups in total. The van der Waals surface area contributed by atoms with Gasteiger partial charge in [-0.05, 0) is 44.5 Å². The van der Waals surface area contributed by atoms with Gasteiger partial charge in [-0.2, -0.15) is 0 Å². The Bertz CT molecular complexity index is 803. The highest BCUT2D eigenvalue weighted by atomic mass is 16.5. The van der Waals surface area contributed by atoms with Crippen molar-refractivity contribution in [2.45, 2.75) is 39.9 Å². The van der Waals surface area contributed by atoms with Crippen LogP contribution in [0.1, 0.15) is 31.9 Å². The molecule has 0 fully saturated rings. The smallest absolute Gasteiger partial charge is 0.319 e. The van der Waals surface area contributed by atoms with E-state index in [4.69, 9.17) is 4.74 Å². The number of nitrogens with one attached hydrogen (secondary N) is 4. The SMILES string of the molecule is CCNC(=NCc1ccc(NC(=O)NC(C)C)cc1)NCc1ccccc1OC. The number of aliphatic imine (C=N–C) groups is 1. The number of urea groups is 1. The Kier molecular flexibility index (Phi) is 8.82. The van der Waals surface area contributed by atoms with E-state index < -0.39 is 0 Å². The number of amides is 2. The largest absolute Gasteiger partial charge is 0.496 e. The number of hydrogen-bond acceptors (Lipinski definition) is 3. The summed E-state index contributed by atoms with van der Waals surface area (Å²) in [6.45, 7) is 7.78. The van der Waals surface area contributed by atoms with Gasteiger partial charge in [-0.1, -0.05) is 30.3 Å². The number of rotatable bonds is 8. The van der Waals surface area contributed by atoms with Crippen LogP contribution in [0, 0.1) is 0 Å². The first-order valence-corrected chi connectivity index (χ1v) is 9.82. The molecule has 29 heavy (non-hydrogen) atoms. The number of ether oxygens (including phenoxy) is 1. The van der Waals surface area contributed by atoms with E-state index in [0.717, 1.165) is 35.1 Å². The van der Waals surface area contributed by atoms with E-state index in [1.165, 1.54) is 0 Å². The number of carbonyl (C=O) groups is 1. The summed E-state index contributed by atoms with van der Waals surface area (Å²) in [5.74, 6) is 1.58. The maximum atomic E-state index is 11.8. The second kappa shape index (κ2) is 11.6. The quantitative estimate of drug-likeness (QED) is 0.406. The zero-order chi connectivity index (χ0) is 21.1. The highest BCUT2D eigenvalue weighted by Crippen LogP contribution is 2.16. The molecule has 0 radical (unpaired) electrons. The number of carbonyl (C=O) groups excluding carboxylic acids is 1. The van der Waals surface area contributed by atoms with Gasteiger partial charge in [-0.15, -0.1) is 0 Å². The van der Waals surface area contributed by atoms with Crippen LogP contribution in [-0.4, -0.2) is 31.7 Å². The fraction of sp³-hybridized carbons (Fsp3) is 0.364. The summed E-state index contributed by atoms with van der Waals surface area (Å²) < 4.78 is 5.39. The number of para-hydroxylation sites is 1. The number of hydrogen-bond donors (Lipinski definition) is 4. The van der Waals surface area contributed by atoms with Crippen LogP contribution < -0.4 is 26.0 Å². The van der Waals surface area contributed by atoms with Crippen molar-refractivity contribution in [1.82, 2.24) is 16.0 Å². The number of benzene rings is 2. The van der Waals surface area contributed by atoms with Crippen LogP contribution in [0.5, 0.6) is 5.75 Å². The normalized spacial score (nSPS) is 11.1. The molecule has 0 heterocycles. The summed E-state index contributed by atoms with van der Waals surface area (Å²) in [6.07, 6.45) is 0. The second-order valence-electron chi connectivity index (χ2n) is 6.81. The first-order valence-electron chi connectivity index (χ1n) is 9.82. The summed E-state index contributed by atoms with van der Waals surface area (Å²) in [6, 6.07) is 15.5. The molecule has 0 saturated carbocycles. The van der Waals surface area contributed by atoms with Gasteiger partial charge in [-0.3, -0.25) is 0 Å². The second-order valence-corrected chi connectivity index (χ2v) is 6.81. The first-order chi connectivity index (χ1) is 14.0. The third-order valence-electron chi connectivity index (χ3n) is 4.03. The first kappa shape index (κ1) is 22.1. The molecule has 7 heteroatoms. The van der Waals surface area contributed by atoms with E-state index in [9.17, 15) is 4.79 Å². The van der Waals surface area contributed by atoms with Crippen molar-refractivity contribution in [2.75, 3.05) is 19.0 Å². The Labute approximate surface area is 173 Å². The minimum atomic E-state index is -0.208. The molecule has 156 valence electrons.